The fourth-order valence-electron chi connectivity index (χ4n) is 4.25. The number of pyridine rings is 2. The van der Waals surface area contributed by atoms with Crippen molar-refractivity contribution in [1.29, 1.82) is 0 Å². The van der Waals surface area contributed by atoms with Crippen LogP contribution in [0.25, 0.3) is 11.0 Å². The summed E-state index contributed by atoms with van der Waals surface area (Å²) in [7, 11) is -1.94. The van der Waals surface area contributed by atoms with Gasteiger partial charge in [0.1, 0.15) is 17.3 Å². The van der Waals surface area contributed by atoms with Crippen molar-refractivity contribution < 1.29 is 8.42 Å². The lowest BCUT2D eigenvalue weighted by Crippen LogP contribution is -2.49. The topological polar surface area (TPSA) is 121 Å². The SMILES string of the molecule is CC1CN(c2ccc(Nc3ncc4ccn(Cc5cccnc5N(C)S(C)(=O)=O)c4n3)cn2)CCN1. The number of rotatable bonds is 7. The highest BCUT2D eigenvalue weighted by Gasteiger charge is 2.19. The first kappa shape index (κ1) is 23.9. The molecule has 1 aliphatic rings. The number of sulfonamides is 1. The van der Waals surface area contributed by atoms with Gasteiger partial charge in [0, 0.05) is 62.3 Å². The molecule has 0 spiro atoms. The lowest BCUT2D eigenvalue weighted by molar-refractivity contribution is 0.482. The molecule has 1 atom stereocenters. The number of hydrogen-bond acceptors (Lipinski definition) is 9. The summed E-state index contributed by atoms with van der Waals surface area (Å²) in [6, 6.07) is 10.0. The third-order valence-electron chi connectivity index (χ3n) is 6.20. The van der Waals surface area contributed by atoms with Gasteiger partial charge < -0.3 is 20.1 Å². The van der Waals surface area contributed by atoms with Gasteiger partial charge in [0.2, 0.25) is 16.0 Å². The molecule has 0 radical (unpaired) electrons. The van der Waals surface area contributed by atoms with Crippen molar-refractivity contribution in [3.8, 4) is 0 Å². The maximum absolute atomic E-state index is 12.1. The van der Waals surface area contributed by atoms with E-state index < -0.39 is 10.0 Å². The Morgan fingerprint density at radius 3 is 2.78 bits per heavy atom. The minimum absolute atomic E-state index is 0.388. The zero-order valence-electron chi connectivity index (χ0n) is 20.5. The van der Waals surface area contributed by atoms with E-state index >= 15 is 0 Å². The average Bonchev–Trinajstić information content (AvgIpc) is 3.26. The molecule has 1 saturated heterocycles. The van der Waals surface area contributed by atoms with Gasteiger partial charge >= 0.3 is 0 Å². The molecule has 2 N–H and O–H groups in total. The fraction of sp³-hybridized carbons (Fsp3) is 0.333. The minimum Gasteiger partial charge on any atom is -0.354 e. The van der Waals surface area contributed by atoms with E-state index in [2.05, 4.69) is 37.4 Å². The number of hydrogen-bond donors (Lipinski definition) is 2. The quantitative estimate of drug-likeness (QED) is 0.388. The Morgan fingerprint density at radius 1 is 1.17 bits per heavy atom. The summed E-state index contributed by atoms with van der Waals surface area (Å²) in [5.74, 6) is 1.79. The van der Waals surface area contributed by atoms with Crippen LogP contribution in [0.5, 0.6) is 0 Å². The number of fused-ring (bicyclic) bond motifs is 1. The summed E-state index contributed by atoms with van der Waals surface area (Å²) in [4.78, 5) is 20.3. The second-order valence-electron chi connectivity index (χ2n) is 8.96. The number of anilines is 4. The molecule has 36 heavy (non-hydrogen) atoms. The van der Waals surface area contributed by atoms with Crippen LogP contribution in [0.4, 0.5) is 23.3 Å². The van der Waals surface area contributed by atoms with Gasteiger partial charge in [-0.25, -0.2) is 23.4 Å². The number of nitrogens with one attached hydrogen (secondary N) is 2. The van der Waals surface area contributed by atoms with Crippen LogP contribution in [0.3, 0.4) is 0 Å². The third-order valence-corrected chi connectivity index (χ3v) is 7.37. The van der Waals surface area contributed by atoms with E-state index in [1.807, 2.05) is 35.0 Å². The summed E-state index contributed by atoms with van der Waals surface area (Å²) < 4.78 is 27.3. The van der Waals surface area contributed by atoms with E-state index in [1.54, 1.807) is 24.7 Å². The first-order valence-corrected chi connectivity index (χ1v) is 13.5. The number of nitrogens with zero attached hydrogens (tertiary/aromatic N) is 7. The first-order valence-electron chi connectivity index (χ1n) is 11.7. The van der Waals surface area contributed by atoms with Gasteiger partial charge in [-0.1, -0.05) is 6.07 Å². The van der Waals surface area contributed by atoms with Crippen molar-refractivity contribution in [3.05, 3.63) is 60.7 Å². The minimum atomic E-state index is -3.44. The summed E-state index contributed by atoms with van der Waals surface area (Å²) in [5.41, 5.74) is 2.28. The molecular weight excluding hydrogens is 478 g/mol. The number of piperazine rings is 1. The standard InChI is InChI=1S/C24H29N9O2S/c1-17-15-32(12-10-25-17)21-7-6-20(14-27-21)29-24-28-13-18-8-11-33(23(18)30-24)16-19-5-4-9-26-22(19)31(2)36(3,34)35/h4-9,11,13-14,17,25H,10,12,15-16H2,1-3H3,(H,28,29,30). The Morgan fingerprint density at radius 2 is 2.03 bits per heavy atom. The van der Waals surface area contributed by atoms with Crippen LogP contribution in [0, 0.1) is 0 Å². The normalized spacial score (nSPS) is 16.3. The Bertz CT molecular complexity index is 1470. The lowest BCUT2D eigenvalue weighted by Gasteiger charge is -2.32. The van der Waals surface area contributed by atoms with Gasteiger partial charge in [-0.2, -0.15) is 4.98 Å². The van der Waals surface area contributed by atoms with Crippen LogP contribution in [-0.2, 0) is 16.6 Å². The molecule has 0 aromatic carbocycles. The number of aromatic nitrogens is 5. The van der Waals surface area contributed by atoms with E-state index in [1.165, 1.54) is 11.4 Å². The van der Waals surface area contributed by atoms with Crippen molar-refractivity contribution in [1.82, 2.24) is 29.8 Å². The van der Waals surface area contributed by atoms with Crippen LogP contribution in [0.1, 0.15) is 12.5 Å². The largest absolute Gasteiger partial charge is 0.354 e. The van der Waals surface area contributed by atoms with Gasteiger partial charge in [0.15, 0.2) is 0 Å². The summed E-state index contributed by atoms with van der Waals surface area (Å²) >= 11 is 0. The molecule has 0 saturated carbocycles. The molecule has 0 amide bonds. The molecule has 0 aliphatic carbocycles. The molecule has 0 bridgehead atoms. The summed E-state index contributed by atoms with van der Waals surface area (Å²) in [6.07, 6.45) is 8.20. The summed E-state index contributed by atoms with van der Waals surface area (Å²) in [5, 5.41) is 7.55. The van der Waals surface area contributed by atoms with E-state index in [4.69, 9.17) is 4.98 Å². The van der Waals surface area contributed by atoms with E-state index in [0.29, 0.717) is 24.4 Å². The highest BCUT2D eigenvalue weighted by Crippen LogP contribution is 2.23. The molecule has 1 unspecified atom stereocenters. The monoisotopic (exact) mass is 507 g/mol. The highest BCUT2D eigenvalue weighted by atomic mass is 32.2. The molecule has 4 aromatic rings. The van der Waals surface area contributed by atoms with Crippen LogP contribution in [-0.4, -0.2) is 71.9 Å². The first-order chi connectivity index (χ1) is 17.3. The Hall–Kier alpha value is -3.77. The Balaban J connectivity index is 1.36. The predicted molar refractivity (Wildman–Crippen MR) is 141 cm³/mol. The lowest BCUT2D eigenvalue weighted by atomic mass is 10.2. The maximum Gasteiger partial charge on any atom is 0.233 e. The molecule has 188 valence electrons. The molecule has 11 nitrogen and oxygen atoms in total. The predicted octanol–water partition coefficient (Wildman–Crippen LogP) is 2.21. The van der Waals surface area contributed by atoms with E-state index in [-0.39, 0.29) is 0 Å². The maximum atomic E-state index is 12.1. The van der Waals surface area contributed by atoms with E-state index in [9.17, 15) is 8.42 Å². The van der Waals surface area contributed by atoms with E-state index in [0.717, 1.165) is 54.0 Å². The van der Waals surface area contributed by atoms with Crippen LogP contribution < -0.4 is 19.8 Å². The molecule has 4 aromatic heterocycles. The fourth-order valence-corrected chi connectivity index (χ4v) is 4.73. The van der Waals surface area contributed by atoms with Gasteiger partial charge in [0.05, 0.1) is 24.7 Å². The summed E-state index contributed by atoms with van der Waals surface area (Å²) in [6.45, 7) is 5.38. The smallest absolute Gasteiger partial charge is 0.233 e. The molecule has 5 rings (SSSR count). The van der Waals surface area contributed by atoms with Gasteiger partial charge in [-0.3, -0.25) is 4.31 Å². The Kier molecular flexibility index (Phi) is 6.46. The zero-order valence-corrected chi connectivity index (χ0v) is 21.3. The molecule has 1 aliphatic heterocycles. The molecule has 12 heteroatoms. The Labute approximate surface area is 210 Å². The highest BCUT2D eigenvalue weighted by molar-refractivity contribution is 7.92. The van der Waals surface area contributed by atoms with Crippen molar-refractivity contribution in [2.75, 3.05) is 47.5 Å². The molecule has 5 heterocycles. The molecular formula is C24H29N9O2S. The average molecular weight is 508 g/mol. The van der Waals surface area contributed by atoms with Crippen LogP contribution in [0.2, 0.25) is 0 Å². The van der Waals surface area contributed by atoms with Crippen molar-refractivity contribution in [2.45, 2.75) is 19.5 Å². The van der Waals surface area contributed by atoms with Gasteiger partial charge in [0.25, 0.3) is 0 Å². The molecule has 1 fully saturated rings. The zero-order chi connectivity index (χ0) is 25.3. The van der Waals surface area contributed by atoms with Crippen molar-refractivity contribution in [2.24, 2.45) is 0 Å². The van der Waals surface area contributed by atoms with Crippen LogP contribution >= 0.6 is 0 Å². The van der Waals surface area contributed by atoms with Crippen molar-refractivity contribution >= 4 is 44.3 Å². The third kappa shape index (κ3) is 5.09. The van der Waals surface area contributed by atoms with Crippen molar-refractivity contribution in [3.63, 3.8) is 0 Å². The second kappa shape index (κ2) is 9.70. The van der Waals surface area contributed by atoms with Gasteiger partial charge in [-0.05, 0) is 31.2 Å². The van der Waals surface area contributed by atoms with Gasteiger partial charge in [-0.15, -0.1) is 0 Å². The second-order valence-corrected chi connectivity index (χ2v) is 11.0. The van der Waals surface area contributed by atoms with Crippen LogP contribution in [0.15, 0.2) is 55.1 Å².